The molecule has 0 saturated carbocycles. The van der Waals surface area contributed by atoms with Crippen molar-refractivity contribution in [1.29, 1.82) is 0 Å². The summed E-state index contributed by atoms with van der Waals surface area (Å²) in [5.41, 5.74) is 0.997. The summed E-state index contributed by atoms with van der Waals surface area (Å²) in [6.07, 6.45) is 1.13. The molecule has 3 aromatic rings. The predicted octanol–water partition coefficient (Wildman–Crippen LogP) is 3.46. The Morgan fingerprint density at radius 2 is 2.08 bits per heavy atom. The van der Waals surface area contributed by atoms with Crippen LogP contribution in [0, 0.1) is 17.0 Å². The van der Waals surface area contributed by atoms with Gasteiger partial charge in [-0.2, -0.15) is 0 Å². The number of nitro groups is 1. The number of hydrogen-bond donors (Lipinski definition) is 1. The summed E-state index contributed by atoms with van der Waals surface area (Å²) < 4.78 is 5.19. The molecule has 0 fully saturated rings. The molecule has 120 valence electrons. The highest BCUT2D eigenvalue weighted by molar-refractivity contribution is 5.78. The van der Waals surface area contributed by atoms with Gasteiger partial charge in [0, 0.05) is 23.8 Å². The molecule has 24 heavy (non-hydrogen) atoms. The fourth-order valence-corrected chi connectivity index (χ4v) is 2.21. The number of aliphatic hydroxyl groups excluding tert-OH is 1. The minimum absolute atomic E-state index is 0.0876. The van der Waals surface area contributed by atoms with Gasteiger partial charge in [0.15, 0.2) is 11.3 Å². The molecule has 1 heterocycles. The van der Waals surface area contributed by atoms with E-state index in [-0.39, 0.29) is 22.7 Å². The summed E-state index contributed by atoms with van der Waals surface area (Å²) in [5.74, 6) is -0.315. The molecule has 0 radical (unpaired) electrons. The van der Waals surface area contributed by atoms with Crippen molar-refractivity contribution in [2.24, 2.45) is 0 Å². The first-order valence-corrected chi connectivity index (χ1v) is 7.01. The number of nitro benzene ring substituents is 1. The molecule has 1 aromatic heterocycles. The molecule has 2 aromatic carbocycles. The molecule has 0 aliphatic heterocycles. The third-order valence-corrected chi connectivity index (χ3v) is 3.39. The van der Waals surface area contributed by atoms with Gasteiger partial charge in [0.25, 0.3) is 5.69 Å². The summed E-state index contributed by atoms with van der Waals surface area (Å²) in [6, 6.07) is 10.7. The van der Waals surface area contributed by atoms with Crippen LogP contribution < -0.4 is 5.63 Å². The topological polar surface area (TPSA) is 106 Å². The van der Waals surface area contributed by atoms with Crippen molar-refractivity contribution in [3.63, 3.8) is 0 Å². The average Bonchev–Trinajstić information content (AvgIpc) is 2.55. The van der Waals surface area contributed by atoms with E-state index < -0.39 is 10.5 Å². The van der Waals surface area contributed by atoms with Crippen LogP contribution in [0.4, 0.5) is 5.69 Å². The largest absolute Gasteiger partial charge is 0.507 e. The van der Waals surface area contributed by atoms with E-state index in [1.165, 1.54) is 24.3 Å². The third-order valence-electron chi connectivity index (χ3n) is 3.39. The van der Waals surface area contributed by atoms with Crippen molar-refractivity contribution in [3.05, 3.63) is 79.8 Å². The van der Waals surface area contributed by atoms with Crippen molar-refractivity contribution in [2.45, 2.75) is 6.92 Å². The Morgan fingerprint density at radius 3 is 2.83 bits per heavy atom. The number of aliphatic hydroxyl groups is 1. The van der Waals surface area contributed by atoms with Gasteiger partial charge in [-0.25, -0.2) is 9.78 Å². The Hall–Kier alpha value is -3.48. The van der Waals surface area contributed by atoms with E-state index in [1.807, 2.05) is 13.0 Å². The zero-order chi connectivity index (χ0) is 17.3. The van der Waals surface area contributed by atoms with Crippen molar-refractivity contribution in [2.75, 3.05) is 0 Å². The van der Waals surface area contributed by atoms with E-state index in [0.717, 1.165) is 11.6 Å². The number of nitrogens with zero attached hydrogens (tertiary/aromatic N) is 2. The fourth-order valence-electron chi connectivity index (χ4n) is 2.21. The Balaban J connectivity index is 2.07. The van der Waals surface area contributed by atoms with E-state index in [0.29, 0.717) is 11.1 Å². The summed E-state index contributed by atoms with van der Waals surface area (Å²) in [6.45, 7) is 1.86. The van der Waals surface area contributed by atoms with E-state index in [4.69, 9.17) is 4.42 Å². The number of non-ortho nitro benzene ring substituents is 1. The van der Waals surface area contributed by atoms with E-state index in [1.54, 1.807) is 12.1 Å². The minimum Gasteiger partial charge on any atom is -0.507 e. The van der Waals surface area contributed by atoms with Gasteiger partial charge in [0.2, 0.25) is 0 Å². The molecule has 3 rings (SSSR count). The Labute approximate surface area is 135 Å². The number of fused-ring (bicyclic) bond motifs is 1. The first-order chi connectivity index (χ1) is 11.4. The molecule has 1 N–H and O–H groups in total. The van der Waals surface area contributed by atoms with E-state index in [2.05, 4.69) is 4.98 Å². The maximum Gasteiger partial charge on any atom is 0.362 e. The number of rotatable bonds is 3. The lowest BCUT2D eigenvalue weighted by Crippen LogP contribution is -2.06. The molecule has 7 heteroatoms. The molecule has 0 amide bonds. The van der Waals surface area contributed by atoms with Gasteiger partial charge in [0.05, 0.1) is 4.92 Å². The Bertz CT molecular complexity index is 1040. The van der Waals surface area contributed by atoms with E-state index >= 15 is 0 Å². The summed E-state index contributed by atoms with van der Waals surface area (Å²) in [7, 11) is 0. The standard InChI is InChI=1S/C17H12N2O5/c1-10-5-6-13-16(7-10)24-17(21)14(18-13)9-15(20)11-3-2-4-12(8-11)19(22)23/h2-9,20H,1H3/b15-9-. The normalized spacial score (nSPS) is 11.6. The Morgan fingerprint density at radius 1 is 1.29 bits per heavy atom. The zero-order valence-corrected chi connectivity index (χ0v) is 12.6. The molecular formula is C17H12N2O5. The zero-order valence-electron chi connectivity index (χ0n) is 12.6. The smallest absolute Gasteiger partial charge is 0.362 e. The van der Waals surface area contributed by atoms with Gasteiger partial charge in [-0.05, 0) is 24.6 Å². The first kappa shape index (κ1) is 15.4. The number of hydrogen-bond acceptors (Lipinski definition) is 6. The summed E-state index contributed by atoms with van der Waals surface area (Å²) in [4.78, 5) is 26.4. The van der Waals surface area contributed by atoms with Crippen LogP contribution in [0.2, 0.25) is 0 Å². The molecule has 0 bridgehead atoms. The quantitative estimate of drug-likeness (QED) is 0.449. The first-order valence-electron chi connectivity index (χ1n) is 7.01. The van der Waals surface area contributed by atoms with Crippen LogP contribution in [0.3, 0.4) is 0 Å². The van der Waals surface area contributed by atoms with Crippen LogP contribution in [0.25, 0.3) is 22.9 Å². The molecule has 0 spiro atoms. The van der Waals surface area contributed by atoms with Crippen LogP contribution in [-0.2, 0) is 0 Å². The molecule has 0 unspecified atom stereocenters. The molecule has 0 aliphatic carbocycles. The SMILES string of the molecule is Cc1ccc2nc(/C=C(\O)c3cccc([N+](=O)[O-])c3)c(=O)oc2c1. The summed E-state index contributed by atoms with van der Waals surface area (Å²) in [5, 5.41) is 20.9. The second-order valence-corrected chi connectivity index (χ2v) is 5.19. The lowest BCUT2D eigenvalue weighted by atomic mass is 10.1. The highest BCUT2D eigenvalue weighted by atomic mass is 16.6. The van der Waals surface area contributed by atoms with Crippen molar-refractivity contribution >= 4 is 28.6 Å². The van der Waals surface area contributed by atoms with Crippen LogP contribution >= 0.6 is 0 Å². The molecule has 0 atom stereocenters. The van der Waals surface area contributed by atoms with Gasteiger partial charge in [-0.15, -0.1) is 0 Å². The predicted molar refractivity (Wildman–Crippen MR) is 88.6 cm³/mol. The molecule has 7 nitrogen and oxygen atoms in total. The maximum atomic E-state index is 12.0. The average molecular weight is 324 g/mol. The minimum atomic E-state index is -0.704. The highest BCUT2D eigenvalue weighted by Crippen LogP contribution is 2.20. The van der Waals surface area contributed by atoms with Gasteiger partial charge in [-0.3, -0.25) is 10.1 Å². The second-order valence-electron chi connectivity index (χ2n) is 5.19. The monoisotopic (exact) mass is 324 g/mol. The molecule has 0 aliphatic rings. The van der Waals surface area contributed by atoms with Crippen LogP contribution in [-0.4, -0.2) is 15.0 Å². The highest BCUT2D eigenvalue weighted by Gasteiger charge is 2.11. The fraction of sp³-hybridized carbons (Fsp3) is 0.0588. The maximum absolute atomic E-state index is 12.0. The third kappa shape index (κ3) is 3.00. The molecule has 0 saturated heterocycles. The van der Waals surface area contributed by atoms with Crippen molar-refractivity contribution < 1.29 is 14.4 Å². The van der Waals surface area contributed by atoms with Crippen LogP contribution in [0.5, 0.6) is 0 Å². The number of benzene rings is 2. The second kappa shape index (κ2) is 5.96. The van der Waals surface area contributed by atoms with Gasteiger partial charge in [-0.1, -0.05) is 18.2 Å². The lowest BCUT2D eigenvalue weighted by Gasteiger charge is -2.02. The van der Waals surface area contributed by atoms with Crippen LogP contribution in [0.15, 0.2) is 51.7 Å². The Kier molecular flexibility index (Phi) is 3.83. The lowest BCUT2D eigenvalue weighted by molar-refractivity contribution is -0.384. The van der Waals surface area contributed by atoms with Gasteiger partial charge in [0.1, 0.15) is 11.3 Å². The van der Waals surface area contributed by atoms with E-state index in [9.17, 15) is 20.0 Å². The molecular weight excluding hydrogens is 312 g/mol. The van der Waals surface area contributed by atoms with Gasteiger partial charge >= 0.3 is 5.63 Å². The van der Waals surface area contributed by atoms with Crippen LogP contribution in [0.1, 0.15) is 16.8 Å². The number of aromatic nitrogens is 1. The van der Waals surface area contributed by atoms with Crippen molar-refractivity contribution in [1.82, 2.24) is 4.98 Å². The van der Waals surface area contributed by atoms with Gasteiger partial charge < -0.3 is 9.52 Å². The van der Waals surface area contributed by atoms with Crippen molar-refractivity contribution in [3.8, 4) is 0 Å². The number of aryl methyl sites for hydroxylation is 1. The summed E-state index contributed by atoms with van der Waals surface area (Å²) >= 11 is 0.